The minimum Gasteiger partial charge on any atom is -0.357 e. The van der Waals surface area contributed by atoms with Crippen LogP contribution in [0.4, 0.5) is 10.5 Å². The summed E-state index contributed by atoms with van der Waals surface area (Å²) in [5.41, 5.74) is 2.95. The van der Waals surface area contributed by atoms with Crippen LogP contribution in [0.1, 0.15) is 41.9 Å². The summed E-state index contributed by atoms with van der Waals surface area (Å²) in [5, 5.41) is 13.4. The number of aromatic nitrogens is 1. The van der Waals surface area contributed by atoms with Crippen LogP contribution in [0.5, 0.6) is 0 Å². The maximum atomic E-state index is 11.8. The molecule has 2 rings (SSSR count). The van der Waals surface area contributed by atoms with Crippen molar-refractivity contribution in [3.63, 3.8) is 0 Å². The van der Waals surface area contributed by atoms with Crippen LogP contribution in [-0.2, 0) is 13.0 Å². The van der Waals surface area contributed by atoms with E-state index in [2.05, 4.69) is 38.2 Å². The highest BCUT2D eigenvalue weighted by Gasteiger charge is 2.05. The number of hydrogen-bond donors (Lipinski definition) is 4. The molecule has 0 saturated carbocycles. The Morgan fingerprint density at radius 3 is 2.48 bits per heavy atom. The fourth-order valence-electron chi connectivity index (χ4n) is 2.57. The Labute approximate surface area is 177 Å². The molecule has 0 unspecified atom stereocenters. The van der Waals surface area contributed by atoms with E-state index in [9.17, 15) is 4.79 Å². The van der Waals surface area contributed by atoms with Crippen LogP contribution >= 0.6 is 11.3 Å². The molecule has 0 aliphatic heterocycles. The smallest absolute Gasteiger partial charge is 0.319 e. The fourth-order valence-corrected chi connectivity index (χ4v) is 3.50. The van der Waals surface area contributed by atoms with E-state index < -0.39 is 0 Å². The molecule has 0 radical (unpaired) electrons. The van der Waals surface area contributed by atoms with Gasteiger partial charge in [0.2, 0.25) is 0 Å². The zero-order chi connectivity index (χ0) is 21.2. The third-order valence-corrected chi connectivity index (χ3v) is 5.23. The van der Waals surface area contributed by atoms with E-state index in [1.54, 1.807) is 11.3 Å². The lowest BCUT2D eigenvalue weighted by Crippen LogP contribution is -2.38. The summed E-state index contributed by atoms with van der Waals surface area (Å²) in [7, 11) is 0. The molecule has 8 heteroatoms. The largest absolute Gasteiger partial charge is 0.357 e. The topological polar surface area (TPSA) is 90.4 Å². The molecule has 158 valence electrons. The van der Waals surface area contributed by atoms with Crippen molar-refractivity contribution in [2.45, 2.75) is 53.6 Å². The Morgan fingerprint density at radius 2 is 1.90 bits per heavy atom. The fraction of sp³-hybridized carbons (Fsp3) is 0.476. The lowest BCUT2D eigenvalue weighted by Gasteiger charge is -2.11. The SMILES string of the molecule is CCNC(=NCc1ccc(NC(=O)NC(C)C)cc1)NCCc1nc(C)c(C)s1. The van der Waals surface area contributed by atoms with Gasteiger partial charge in [-0.1, -0.05) is 12.1 Å². The second kappa shape index (κ2) is 11.4. The van der Waals surface area contributed by atoms with Gasteiger partial charge in [-0.15, -0.1) is 11.3 Å². The molecule has 0 aliphatic carbocycles. The number of amides is 2. The Balaban J connectivity index is 1.85. The van der Waals surface area contributed by atoms with E-state index in [0.717, 1.165) is 47.4 Å². The Bertz CT molecular complexity index is 794. The van der Waals surface area contributed by atoms with Crippen molar-refractivity contribution in [2.75, 3.05) is 18.4 Å². The number of anilines is 1. The van der Waals surface area contributed by atoms with Gasteiger partial charge < -0.3 is 21.3 Å². The molecule has 0 spiro atoms. The van der Waals surface area contributed by atoms with Gasteiger partial charge in [0.15, 0.2) is 5.96 Å². The second-order valence-corrected chi connectivity index (χ2v) is 8.36. The first kappa shape index (κ1) is 22.7. The number of guanidine groups is 1. The van der Waals surface area contributed by atoms with Gasteiger partial charge in [-0.2, -0.15) is 0 Å². The molecule has 0 saturated heterocycles. The summed E-state index contributed by atoms with van der Waals surface area (Å²) < 4.78 is 0. The first-order valence-corrected chi connectivity index (χ1v) is 10.8. The molecule has 0 bridgehead atoms. The quantitative estimate of drug-likeness (QED) is 0.391. The van der Waals surface area contributed by atoms with Crippen molar-refractivity contribution < 1.29 is 4.79 Å². The zero-order valence-electron chi connectivity index (χ0n) is 17.9. The summed E-state index contributed by atoms with van der Waals surface area (Å²) in [6.45, 7) is 12.2. The number of thiazole rings is 1. The van der Waals surface area contributed by atoms with E-state index in [0.29, 0.717) is 6.54 Å². The zero-order valence-corrected chi connectivity index (χ0v) is 18.7. The molecule has 1 aromatic carbocycles. The van der Waals surface area contributed by atoms with E-state index in [1.165, 1.54) is 4.88 Å². The normalized spacial score (nSPS) is 11.4. The van der Waals surface area contributed by atoms with Crippen molar-refractivity contribution in [1.29, 1.82) is 0 Å². The van der Waals surface area contributed by atoms with Gasteiger partial charge in [-0.05, 0) is 52.3 Å². The maximum absolute atomic E-state index is 11.8. The number of nitrogens with one attached hydrogen (secondary N) is 4. The van der Waals surface area contributed by atoms with Gasteiger partial charge in [-0.3, -0.25) is 0 Å². The summed E-state index contributed by atoms with van der Waals surface area (Å²) in [4.78, 5) is 22.3. The van der Waals surface area contributed by atoms with Crippen molar-refractivity contribution in [3.05, 3.63) is 45.4 Å². The number of benzene rings is 1. The Kier molecular flexibility index (Phi) is 8.92. The minimum absolute atomic E-state index is 0.101. The highest BCUT2D eigenvalue weighted by atomic mass is 32.1. The van der Waals surface area contributed by atoms with Crippen molar-refractivity contribution in [2.24, 2.45) is 4.99 Å². The molecular weight excluding hydrogens is 384 g/mol. The molecule has 2 aromatic rings. The molecular formula is C21H32N6OS. The summed E-state index contributed by atoms with van der Waals surface area (Å²) in [6.07, 6.45) is 0.878. The van der Waals surface area contributed by atoms with Crippen molar-refractivity contribution in [3.8, 4) is 0 Å². The van der Waals surface area contributed by atoms with Gasteiger partial charge in [0.25, 0.3) is 0 Å². The van der Waals surface area contributed by atoms with E-state index >= 15 is 0 Å². The summed E-state index contributed by atoms with van der Waals surface area (Å²) in [6, 6.07) is 7.62. The van der Waals surface area contributed by atoms with E-state index in [-0.39, 0.29) is 12.1 Å². The molecule has 0 atom stereocenters. The number of carbonyl (C=O) groups is 1. The predicted octanol–water partition coefficient (Wildman–Crippen LogP) is 3.59. The number of aliphatic imine (C=N–C) groups is 1. The average molecular weight is 417 g/mol. The first-order valence-electron chi connectivity index (χ1n) is 9.99. The van der Waals surface area contributed by atoms with Crippen LogP contribution in [0.2, 0.25) is 0 Å². The standard InChI is InChI=1S/C21H32N6OS/c1-6-22-20(23-12-11-19-26-15(4)16(5)29-19)24-13-17-7-9-18(10-8-17)27-21(28)25-14(2)3/h7-10,14H,6,11-13H2,1-5H3,(H2,22,23,24)(H2,25,27,28). The van der Waals surface area contributed by atoms with Crippen LogP contribution in [0.3, 0.4) is 0 Å². The molecule has 1 aromatic heterocycles. The third kappa shape index (κ3) is 8.11. The number of nitrogens with zero attached hydrogens (tertiary/aromatic N) is 2. The predicted molar refractivity (Wildman–Crippen MR) is 122 cm³/mol. The van der Waals surface area contributed by atoms with Crippen molar-refractivity contribution in [1.82, 2.24) is 20.9 Å². The van der Waals surface area contributed by atoms with Gasteiger partial charge in [0, 0.05) is 36.1 Å². The third-order valence-electron chi connectivity index (χ3n) is 4.10. The molecule has 0 aliphatic rings. The molecule has 0 fully saturated rings. The second-order valence-electron chi connectivity index (χ2n) is 7.07. The minimum atomic E-state index is -0.199. The first-order chi connectivity index (χ1) is 13.9. The molecule has 1 heterocycles. The van der Waals surface area contributed by atoms with E-state index in [4.69, 9.17) is 0 Å². The molecule has 29 heavy (non-hydrogen) atoms. The van der Waals surface area contributed by atoms with Crippen LogP contribution in [0.15, 0.2) is 29.3 Å². The van der Waals surface area contributed by atoms with Gasteiger partial charge in [0.05, 0.1) is 17.2 Å². The van der Waals surface area contributed by atoms with E-state index in [1.807, 2.05) is 52.0 Å². The van der Waals surface area contributed by atoms with Crippen LogP contribution in [-0.4, -0.2) is 36.1 Å². The van der Waals surface area contributed by atoms with Gasteiger partial charge in [-0.25, -0.2) is 14.8 Å². The molecule has 4 N–H and O–H groups in total. The van der Waals surface area contributed by atoms with Crippen LogP contribution in [0, 0.1) is 13.8 Å². The summed E-state index contributed by atoms with van der Waals surface area (Å²) in [5.74, 6) is 0.788. The number of rotatable bonds is 8. The van der Waals surface area contributed by atoms with Crippen LogP contribution in [0.25, 0.3) is 0 Å². The molecule has 7 nitrogen and oxygen atoms in total. The highest BCUT2D eigenvalue weighted by molar-refractivity contribution is 7.11. The van der Waals surface area contributed by atoms with Crippen LogP contribution < -0.4 is 21.3 Å². The Hall–Kier alpha value is -2.61. The average Bonchev–Trinajstić information content (AvgIpc) is 2.97. The number of hydrogen-bond acceptors (Lipinski definition) is 4. The number of carbonyl (C=O) groups excluding carboxylic acids is 1. The lowest BCUT2D eigenvalue weighted by atomic mass is 10.2. The maximum Gasteiger partial charge on any atom is 0.319 e. The monoisotopic (exact) mass is 416 g/mol. The van der Waals surface area contributed by atoms with Gasteiger partial charge in [0.1, 0.15) is 0 Å². The number of urea groups is 1. The summed E-state index contributed by atoms with van der Waals surface area (Å²) >= 11 is 1.75. The van der Waals surface area contributed by atoms with Crippen molar-refractivity contribution >= 4 is 29.0 Å². The highest BCUT2D eigenvalue weighted by Crippen LogP contribution is 2.16. The lowest BCUT2D eigenvalue weighted by molar-refractivity contribution is 0.250. The number of aryl methyl sites for hydroxylation is 2. The van der Waals surface area contributed by atoms with Gasteiger partial charge >= 0.3 is 6.03 Å². The Morgan fingerprint density at radius 1 is 1.17 bits per heavy atom. The molecule has 2 amide bonds.